The lowest BCUT2D eigenvalue weighted by atomic mass is 10.2. The van der Waals surface area contributed by atoms with E-state index in [9.17, 15) is 9.50 Å². The van der Waals surface area contributed by atoms with Gasteiger partial charge in [-0.2, -0.15) is 0 Å². The molecule has 0 amide bonds. The van der Waals surface area contributed by atoms with Crippen molar-refractivity contribution in [3.8, 4) is 11.5 Å². The molecule has 2 rings (SSSR count). The number of aromatic hydroxyl groups is 2. The average Bonchev–Trinajstić information content (AvgIpc) is 2.32. The predicted molar refractivity (Wildman–Crippen MR) is 68.5 cm³/mol. The van der Waals surface area contributed by atoms with Gasteiger partial charge in [0.1, 0.15) is 17.3 Å². The van der Waals surface area contributed by atoms with E-state index in [1.807, 2.05) is 0 Å². The van der Waals surface area contributed by atoms with Crippen LogP contribution in [-0.4, -0.2) is 10.2 Å². The lowest BCUT2D eigenvalue weighted by molar-refractivity contribution is 0.446. The number of hydrogen-bond donors (Lipinski definition) is 3. The molecule has 0 spiro atoms. The Kier molecular flexibility index (Phi) is 3.58. The summed E-state index contributed by atoms with van der Waals surface area (Å²) in [5.41, 5.74) is 0.808. The van der Waals surface area contributed by atoms with E-state index in [4.69, 9.17) is 16.7 Å². The van der Waals surface area contributed by atoms with Gasteiger partial charge in [0.25, 0.3) is 0 Å². The maximum atomic E-state index is 13.4. The van der Waals surface area contributed by atoms with Crippen LogP contribution in [0.5, 0.6) is 11.5 Å². The molecule has 94 valence electrons. The Bertz CT molecular complexity index is 575. The molecule has 0 aromatic heterocycles. The molecule has 0 radical (unpaired) electrons. The number of hydrogen-bond acceptors (Lipinski definition) is 3. The van der Waals surface area contributed by atoms with Crippen molar-refractivity contribution in [3.05, 3.63) is 52.8 Å². The normalized spacial score (nSPS) is 10.3. The SMILES string of the molecule is Oc1ccc(CNc2cc(Cl)ccc2F)c(O)c1. The van der Waals surface area contributed by atoms with Crippen LogP contribution in [0.25, 0.3) is 0 Å². The summed E-state index contributed by atoms with van der Waals surface area (Å²) >= 11 is 5.76. The molecule has 0 fully saturated rings. The Labute approximate surface area is 108 Å². The van der Waals surface area contributed by atoms with Crippen molar-refractivity contribution in [2.45, 2.75) is 6.54 Å². The van der Waals surface area contributed by atoms with Crippen LogP contribution in [0.3, 0.4) is 0 Å². The van der Waals surface area contributed by atoms with Crippen molar-refractivity contribution in [2.75, 3.05) is 5.32 Å². The smallest absolute Gasteiger partial charge is 0.146 e. The van der Waals surface area contributed by atoms with Gasteiger partial charge >= 0.3 is 0 Å². The lowest BCUT2D eigenvalue weighted by Gasteiger charge is -2.09. The summed E-state index contributed by atoms with van der Waals surface area (Å²) in [5, 5.41) is 22.0. The molecule has 0 atom stereocenters. The number of benzene rings is 2. The largest absolute Gasteiger partial charge is 0.508 e. The molecule has 0 aliphatic carbocycles. The third-order valence-corrected chi connectivity index (χ3v) is 2.70. The van der Waals surface area contributed by atoms with Gasteiger partial charge in [-0.1, -0.05) is 11.6 Å². The molecule has 5 heteroatoms. The Morgan fingerprint density at radius 2 is 1.89 bits per heavy atom. The Hall–Kier alpha value is -1.94. The van der Waals surface area contributed by atoms with Crippen molar-refractivity contribution in [1.82, 2.24) is 0 Å². The summed E-state index contributed by atoms with van der Waals surface area (Å²) in [7, 11) is 0. The first-order valence-electron chi connectivity index (χ1n) is 5.26. The minimum absolute atomic E-state index is 0.0230. The van der Waals surface area contributed by atoms with Crippen molar-refractivity contribution in [1.29, 1.82) is 0 Å². The van der Waals surface area contributed by atoms with Crippen LogP contribution in [0.2, 0.25) is 5.02 Å². The first-order chi connectivity index (χ1) is 8.56. The monoisotopic (exact) mass is 267 g/mol. The Morgan fingerprint density at radius 1 is 1.11 bits per heavy atom. The first-order valence-corrected chi connectivity index (χ1v) is 5.64. The highest BCUT2D eigenvalue weighted by molar-refractivity contribution is 6.30. The topological polar surface area (TPSA) is 52.5 Å². The van der Waals surface area contributed by atoms with Crippen molar-refractivity contribution in [2.24, 2.45) is 0 Å². The lowest BCUT2D eigenvalue weighted by Crippen LogP contribution is -2.01. The zero-order valence-corrected chi connectivity index (χ0v) is 10.1. The minimum Gasteiger partial charge on any atom is -0.508 e. The molecule has 3 nitrogen and oxygen atoms in total. The van der Waals surface area contributed by atoms with E-state index >= 15 is 0 Å². The van der Waals surface area contributed by atoms with Gasteiger partial charge in [0.05, 0.1) is 5.69 Å². The predicted octanol–water partition coefficient (Wildman–Crippen LogP) is 3.50. The van der Waals surface area contributed by atoms with E-state index in [1.54, 1.807) is 6.07 Å². The van der Waals surface area contributed by atoms with E-state index < -0.39 is 5.82 Å². The summed E-state index contributed by atoms with van der Waals surface area (Å²) in [5.74, 6) is -0.493. The highest BCUT2D eigenvalue weighted by Crippen LogP contribution is 2.25. The Morgan fingerprint density at radius 3 is 2.61 bits per heavy atom. The Balaban J connectivity index is 2.13. The third-order valence-electron chi connectivity index (χ3n) is 2.47. The fraction of sp³-hybridized carbons (Fsp3) is 0.0769. The van der Waals surface area contributed by atoms with Crippen LogP contribution in [-0.2, 0) is 6.54 Å². The zero-order valence-electron chi connectivity index (χ0n) is 9.32. The summed E-state index contributed by atoms with van der Waals surface area (Å²) in [6.45, 7) is 0.226. The molecule has 2 aromatic rings. The number of phenols is 2. The number of nitrogens with one attached hydrogen (secondary N) is 1. The van der Waals surface area contributed by atoms with Crippen molar-refractivity contribution in [3.63, 3.8) is 0 Å². The minimum atomic E-state index is -0.419. The fourth-order valence-corrected chi connectivity index (χ4v) is 1.70. The molecule has 3 N–H and O–H groups in total. The van der Waals surface area contributed by atoms with Crippen LogP contribution < -0.4 is 5.32 Å². The molecule has 18 heavy (non-hydrogen) atoms. The van der Waals surface area contributed by atoms with E-state index in [-0.39, 0.29) is 23.7 Å². The van der Waals surface area contributed by atoms with Gasteiger partial charge in [0.2, 0.25) is 0 Å². The van der Waals surface area contributed by atoms with Crippen LogP contribution >= 0.6 is 11.6 Å². The highest BCUT2D eigenvalue weighted by Gasteiger charge is 2.05. The zero-order chi connectivity index (χ0) is 13.1. The summed E-state index contributed by atoms with van der Waals surface area (Å²) < 4.78 is 13.4. The van der Waals surface area contributed by atoms with Crippen LogP contribution in [0.15, 0.2) is 36.4 Å². The summed E-state index contributed by atoms with van der Waals surface area (Å²) in [4.78, 5) is 0. The first kappa shape index (κ1) is 12.5. The number of halogens is 2. The van der Waals surface area contributed by atoms with Gasteiger partial charge < -0.3 is 15.5 Å². The highest BCUT2D eigenvalue weighted by atomic mass is 35.5. The van der Waals surface area contributed by atoms with Gasteiger partial charge in [0, 0.05) is 23.2 Å². The third kappa shape index (κ3) is 2.84. The van der Waals surface area contributed by atoms with E-state index in [0.717, 1.165) is 0 Å². The molecule has 0 saturated carbocycles. The van der Waals surface area contributed by atoms with E-state index in [1.165, 1.54) is 30.3 Å². The molecule has 0 unspecified atom stereocenters. The van der Waals surface area contributed by atoms with Gasteiger partial charge in [0.15, 0.2) is 0 Å². The molecule has 2 aromatic carbocycles. The van der Waals surface area contributed by atoms with Gasteiger partial charge in [-0.15, -0.1) is 0 Å². The maximum absolute atomic E-state index is 13.4. The van der Waals surface area contributed by atoms with E-state index in [2.05, 4.69) is 5.32 Å². The van der Waals surface area contributed by atoms with Crippen molar-refractivity contribution >= 4 is 17.3 Å². The van der Waals surface area contributed by atoms with Crippen LogP contribution in [0.4, 0.5) is 10.1 Å². The molecule has 0 saturated heterocycles. The summed E-state index contributed by atoms with van der Waals surface area (Å²) in [6.07, 6.45) is 0. The van der Waals surface area contributed by atoms with Gasteiger partial charge in [-0.25, -0.2) is 4.39 Å². The standard InChI is InChI=1S/C13H11ClFNO2/c14-9-2-4-11(15)12(5-9)16-7-8-1-3-10(17)6-13(8)18/h1-6,16-18H,7H2. The molecule has 0 heterocycles. The molecule has 0 aliphatic rings. The molecular weight excluding hydrogens is 257 g/mol. The second kappa shape index (κ2) is 5.14. The van der Waals surface area contributed by atoms with E-state index in [0.29, 0.717) is 10.6 Å². The van der Waals surface area contributed by atoms with Crippen LogP contribution in [0, 0.1) is 5.82 Å². The van der Waals surface area contributed by atoms with Gasteiger partial charge in [-0.3, -0.25) is 0 Å². The quantitative estimate of drug-likeness (QED) is 0.798. The second-order valence-electron chi connectivity index (χ2n) is 3.79. The summed E-state index contributed by atoms with van der Waals surface area (Å²) in [6, 6.07) is 8.42. The molecular formula is C13H11ClFNO2. The molecule has 0 bridgehead atoms. The maximum Gasteiger partial charge on any atom is 0.146 e. The van der Waals surface area contributed by atoms with Gasteiger partial charge in [-0.05, 0) is 30.3 Å². The number of rotatable bonds is 3. The van der Waals surface area contributed by atoms with Crippen LogP contribution in [0.1, 0.15) is 5.56 Å². The molecule has 0 aliphatic heterocycles. The number of phenolic OH excluding ortho intramolecular Hbond substituents is 2. The van der Waals surface area contributed by atoms with Crippen molar-refractivity contribution < 1.29 is 14.6 Å². The fourth-order valence-electron chi connectivity index (χ4n) is 1.53. The second-order valence-corrected chi connectivity index (χ2v) is 4.23. The average molecular weight is 268 g/mol. The number of anilines is 1.